The number of hydrogen-bond donors (Lipinski definition) is 0. The first-order valence-corrected chi connectivity index (χ1v) is 8.34. The van der Waals surface area contributed by atoms with Gasteiger partial charge in [-0.25, -0.2) is 0 Å². The first-order valence-electron chi connectivity index (χ1n) is 8.34. The van der Waals surface area contributed by atoms with Crippen molar-refractivity contribution in [2.45, 2.75) is 44.9 Å². The maximum absolute atomic E-state index is 12.4. The molecule has 4 aliphatic rings. The zero-order chi connectivity index (χ0) is 15.2. The molecule has 0 N–H and O–H groups in total. The fraction of sp³-hybridized carbons (Fsp3) is 0.579. The molecule has 0 aromatic heterocycles. The number of benzene rings is 1. The lowest BCUT2D eigenvalue weighted by Gasteiger charge is -2.56. The van der Waals surface area contributed by atoms with Crippen LogP contribution in [0.5, 0.6) is 5.75 Å². The van der Waals surface area contributed by atoms with Crippen LogP contribution in [0, 0.1) is 23.2 Å². The standard InChI is InChI=1S/C19H21O3/c20-12-16-3-1-2-4-17(16)22-18(21)11-19-8-13-5-14(9-19)7-15(6-13)10-19/h1-4,13-15H,5-11H2. The van der Waals surface area contributed by atoms with Crippen molar-refractivity contribution in [3.8, 4) is 5.75 Å². The van der Waals surface area contributed by atoms with Gasteiger partial charge in [0.05, 0.1) is 12.0 Å². The summed E-state index contributed by atoms with van der Waals surface area (Å²) in [6.07, 6.45) is 10.0. The van der Waals surface area contributed by atoms with Crippen molar-refractivity contribution in [2.75, 3.05) is 0 Å². The van der Waals surface area contributed by atoms with Crippen LogP contribution in [0.3, 0.4) is 0 Å². The van der Waals surface area contributed by atoms with E-state index in [4.69, 9.17) is 4.74 Å². The van der Waals surface area contributed by atoms with Gasteiger partial charge in [-0.1, -0.05) is 12.1 Å². The fourth-order valence-electron chi connectivity index (χ4n) is 5.61. The van der Waals surface area contributed by atoms with Crippen LogP contribution in [0.15, 0.2) is 24.3 Å². The molecule has 4 aliphatic carbocycles. The smallest absolute Gasteiger partial charge is 0.311 e. The number of para-hydroxylation sites is 1. The van der Waals surface area contributed by atoms with Crippen molar-refractivity contribution < 1.29 is 14.3 Å². The van der Waals surface area contributed by atoms with Gasteiger partial charge in [-0.3, -0.25) is 9.59 Å². The van der Waals surface area contributed by atoms with Gasteiger partial charge in [-0.2, -0.15) is 0 Å². The summed E-state index contributed by atoms with van der Waals surface area (Å²) >= 11 is 0. The fourth-order valence-corrected chi connectivity index (χ4v) is 5.61. The topological polar surface area (TPSA) is 43.4 Å². The third-order valence-corrected chi connectivity index (χ3v) is 5.91. The van der Waals surface area contributed by atoms with Crippen LogP contribution >= 0.6 is 0 Å². The highest BCUT2D eigenvalue weighted by atomic mass is 16.5. The zero-order valence-corrected chi connectivity index (χ0v) is 12.7. The number of hydrogen-bond acceptors (Lipinski definition) is 3. The quantitative estimate of drug-likeness (QED) is 0.629. The molecule has 0 spiro atoms. The third-order valence-electron chi connectivity index (χ3n) is 5.91. The minimum Gasteiger partial charge on any atom is -0.426 e. The molecule has 1 aromatic carbocycles. The lowest BCUT2D eigenvalue weighted by Crippen LogP contribution is -2.47. The van der Waals surface area contributed by atoms with E-state index in [0.29, 0.717) is 17.7 Å². The van der Waals surface area contributed by atoms with Crippen molar-refractivity contribution in [3.63, 3.8) is 0 Å². The molecule has 0 heterocycles. The van der Waals surface area contributed by atoms with Crippen LogP contribution in [0.1, 0.15) is 50.5 Å². The van der Waals surface area contributed by atoms with Crippen molar-refractivity contribution >= 4 is 12.3 Å². The van der Waals surface area contributed by atoms with E-state index in [1.807, 2.05) is 6.29 Å². The molecule has 0 amide bonds. The molecule has 0 saturated heterocycles. The average Bonchev–Trinajstić information content (AvgIpc) is 2.45. The molecule has 22 heavy (non-hydrogen) atoms. The van der Waals surface area contributed by atoms with E-state index in [1.165, 1.54) is 38.5 Å². The molecule has 115 valence electrons. The van der Waals surface area contributed by atoms with E-state index in [0.717, 1.165) is 17.8 Å². The van der Waals surface area contributed by atoms with Crippen LogP contribution in [0.25, 0.3) is 0 Å². The Morgan fingerprint density at radius 1 is 1.09 bits per heavy atom. The highest BCUT2D eigenvalue weighted by molar-refractivity contribution is 5.82. The van der Waals surface area contributed by atoms with E-state index >= 15 is 0 Å². The number of carbonyl (C=O) groups is 1. The van der Waals surface area contributed by atoms with Crippen molar-refractivity contribution in [3.05, 3.63) is 29.8 Å². The maximum Gasteiger partial charge on any atom is 0.311 e. The summed E-state index contributed by atoms with van der Waals surface area (Å²) in [5, 5.41) is 0. The molecule has 4 fully saturated rings. The molecule has 1 radical (unpaired) electrons. The first-order chi connectivity index (χ1) is 10.7. The summed E-state index contributed by atoms with van der Waals surface area (Å²) in [4.78, 5) is 23.3. The van der Waals surface area contributed by atoms with Crippen LogP contribution in [0.4, 0.5) is 0 Å². The third kappa shape index (κ3) is 2.47. The largest absolute Gasteiger partial charge is 0.426 e. The molecule has 0 unspecified atom stereocenters. The Labute approximate surface area is 131 Å². The highest BCUT2D eigenvalue weighted by Gasteiger charge is 2.51. The lowest BCUT2D eigenvalue weighted by atomic mass is 9.49. The summed E-state index contributed by atoms with van der Waals surface area (Å²) in [7, 11) is 0. The minimum atomic E-state index is -0.190. The molecule has 4 saturated carbocycles. The molecule has 4 bridgehead atoms. The second-order valence-corrected chi connectivity index (χ2v) is 7.67. The van der Waals surface area contributed by atoms with E-state index in [1.54, 1.807) is 24.3 Å². The minimum absolute atomic E-state index is 0.172. The lowest BCUT2D eigenvalue weighted by molar-refractivity contribution is -0.142. The van der Waals surface area contributed by atoms with Gasteiger partial charge < -0.3 is 4.74 Å². The molecule has 3 heteroatoms. The maximum atomic E-state index is 12.4. The van der Waals surface area contributed by atoms with Gasteiger partial charge in [0.2, 0.25) is 6.29 Å². The first kappa shape index (κ1) is 14.0. The van der Waals surface area contributed by atoms with Gasteiger partial charge in [0.15, 0.2) is 0 Å². The van der Waals surface area contributed by atoms with E-state index in [-0.39, 0.29) is 11.4 Å². The molecule has 1 aromatic rings. The average molecular weight is 297 g/mol. The van der Waals surface area contributed by atoms with E-state index in [9.17, 15) is 9.59 Å². The van der Waals surface area contributed by atoms with Gasteiger partial charge in [-0.15, -0.1) is 0 Å². The zero-order valence-electron chi connectivity index (χ0n) is 12.7. The van der Waals surface area contributed by atoms with Crippen molar-refractivity contribution in [1.82, 2.24) is 0 Å². The Morgan fingerprint density at radius 3 is 2.27 bits per heavy atom. The monoisotopic (exact) mass is 297 g/mol. The summed E-state index contributed by atoms with van der Waals surface area (Å²) in [5.41, 5.74) is 0.493. The molecular weight excluding hydrogens is 276 g/mol. The molecule has 5 rings (SSSR count). The number of ether oxygens (including phenoxy) is 1. The molecular formula is C19H21O3. The second kappa shape index (κ2) is 5.22. The Hall–Kier alpha value is -1.64. The predicted octanol–water partition coefficient (Wildman–Crippen LogP) is 3.66. The Kier molecular flexibility index (Phi) is 3.32. The Morgan fingerprint density at radius 2 is 1.68 bits per heavy atom. The number of carbonyl (C=O) groups excluding carboxylic acids is 2. The summed E-state index contributed by atoms with van der Waals surface area (Å²) in [5.74, 6) is 2.64. The van der Waals surface area contributed by atoms with Gasteiger partial charge in [-0.05, 0) is 73.8 Å². The predicted molar refractivity (Wildman–Crippen MR) is 82.1 cm³/mol. The number of esters is 1. The van der Waals surface area contributed by atoms with Crippen LogP contribution in [-0.2, 0) is 9.59 Å². The normalized spacial score (nSPS) is 35.4. The Balaban J connectivity index is 1.47. The van der Waals surface area contributed by atoms with Crippen molar-refractivity contribution in [1.29, 1.82) is 0 Å². The van der Waals surface area contributed by atoms with Gasteiger partial charge in [0.25, 0.3) is 0 Å². The second-order valence-electron chi connectivity index (χ2n) is 7.67. The van der Waals surface area contributed by atoms with Crippen LogP contribution in [0.2, 0.25) is 0 Å². The van der Waals surface area contributed by atoms with Crippen LogP contribution in [-0.4, -0.2) is 12.3 Å². The molecule has 3 nitrogen and oxygen atoms in total. The summed E-state index contributed by atoms with van der Waals surface area (Å²) < 4.78 is 5.47. The van der Waals surface area contributed by atoms with Crippen LogP contribution < -0.4 is 4.74 Å². The van der Waals surface area contributed by atoms with Crippen molar-refractivity contribution in [2.24, 2.45) is 23.2 Å². The van der Waals surface area contributed by atoms with E-state index in [2.05, 4.69) is 0 Å². The molecule has 0 aliphatic heterocycles. The van der Waals surface area contributed by atoms with Gasteiger partial charge >= 0.3 is 5.97 Å². The van der Waals surface area contributed by atoms with Gasteiger partial charge in [0.1, 0.15) is 5.75 Å². The summed E-state index contributed by atoms with van der Waals surface area (Å²) in [6.45, 7) is 0. The van der Waals surface area contributed by atoms with E-state index < -0.39 is 0 Å². The number of rotatable bonds is 4. The molecule has 0 atom stereocenters. The van der Waals surface area contributed by atoms with Gasteiger partial charge in [0, 0.05) is 0 Å². The SMILES string of the molecule is O=[C]c1ccccc1OC(=O)CC12CC3CC(CC(C3)C1)C2. The Bertz CT molecular complexity index is 569. The highest BCUT2D eigenvalue weighted by Crippen LogP contribution is 2.61. The summed E-state index contributed by atoms with van der Waals surface area (Å²) in [6, 6.07) is 6.81.